The third kappa shape index (κ3) is 5.47. The van der Waals surface area contributed by atoms with Crippen molar-refractivity contribution < 1.29 is 14.3 Å². The van der Waals surface area contributed by atoms with Gasteiger partial charge in [0.1, 0.15) is 5.82 Å². The Labute approximate surface area is 212 Å². The Morgan fingerprint density at radius 3 is 2.61 bits per heavy atom. The van der Waals surface area contributed by atoms with Crippen LogP contribution in [0.5, 0.6) is 0 Å². The van der Waals surface area contributed by atoms with Crippen LogP contribution in [-0.4, -0.2) is 84.0 Å². The Balaban J connectivity index is 1.27. The summed E-state index contributed by atoms with van der Waals surface area (Å²) in [5.74, 6) is 1.66. The van der Waals surface area contributed by atoms with E-state index in [1.54, 1.807) is 14.0 Å². The van der Waals surface area contributed by atoms with E-state index in [1.807, 2.05) is 17.2 Å². The molecule has 2 aliphatic rings. The molecule has 9 nitrogen and oxygen atoms in total. The lowest BCUT2D eigenvalue weighted by atomic mass is 9.93. The van der Waals surface area contributed by atoms with E-state index in [0.29, 0.717) is 31.3 Å². The van der Waals surface area contributed by atoms with E-state index in [9.17, 15) is 4.79 Å². The Morgan fingerprint density at radius 2 is 1.86 bits per heavy atom. The number of benzene rings is 1. The Morgan fingerprint density at radius 1 is 1.06 bits per heavy atom. The molecule has 0 atom stereocenters. The topological polar surface area (TPSA) is 84.8 Å². The van der Waals surface area contributed by atoms with E-state index in [1.165, 1.54) is 11.1 Å². The molecule has 1 N–H and O–H groups in total. The average molecular weight is 493 g/mol. The number of hydrogen-bond donors (Lipinski definition) is 1. The zero-order valence-electron chi connectivity index (χ0n) is 21.2. The van der Waals surface area contributed by atoms with Gasteiger partial charge in [0, 0.05) is 69.7 Å². The molecule has 1 aromatic carbocycles. The van der Waals surface area contributed by atoms with E-state index < -0.39 is 0 Å². The molecule has 36 heavy (non-hydrogen) atoms. The molecule has 0 radical (unpaired) electrons. The molecule has 3 aromatic rings. The van der Waals surface area contributed by atoms with Gasteiger partial charge in [-0.15, -0.1) is 0 Å². The molecule has 1 saturated heterocycles. The number of carbonyl (C=O) groups excluding carboxylic acids is 1. The maximum Gasteiger partial charge on any atom is 0.224 e. The fourth-order valence-corrected chi connectivity index (χ4v) is 5.30. The van der Waals surface area contributed by atoms with Crippen LogP contribution in [0.3, 0.4) is 0 Å². The molecule has 0 unspecified atom stereocenters. The van der Waals surface area contributed by atoms with E-state index in [2.05, 4.69) is 50.2 Å². The van der Waals surface area contributed by atoms with Crippen LogP contribution >= 0.6 is 0 Å². The van der Waals surface area contributed by atoms with Gasteiger partial charge < -0.3 is 29.2 Å². The number of ether oxygens (including phenoxy) is 2. The van der Waals surface area contributed by atoms with Crippen molar-refractivity contribution in [2.75, 3.05) is 56.7 Å². The molecular formula is C27H36N6O3. The number of anilines is 2. The highest BCUT2D eigenvalue weighted by molar-refractivity contribution is 5.94. The van der Waals surface area contributed by atoms with Crippen molar-refractivity contribution in [1.29, 1.82) is 0 Å². The summed E-state index contributed by atoms with van der Waals surface area (Å²) in [6.07, 6.45) is 8.36. The van der Waals surface area contributed by atoms with E-state index >= 15 is 0 Å². The summed E-state index contributed by atoms with van der Waals surface area (Å²) >= 11 is 0. The van der Waals surface area contributed by atoms with Gasteiger partial charge in [-0.05, 0) is 49.9 Å². The molecule has 192 valence electrons. The van der Waals surface area contributed by atoms with Crippen LogP contribution < -0.4 is 10.2 Å². The largest absolute Gasteiger partial charge is 0.382 e. The number of methoxy groups -OCH3 is 1. The third-order valence-corrected chi connectivity index (χ3v) is 7.31. The summed E-state index contributed by atoms with van der Waals surface area (Å²) < 4.78 is 13.1. The number of amides is 1. The van der Waals surface area contributed by atoms with Gasteiger partial charge in [-0.3, -0.25) is 4.79 Å². The van der Waals surface area contributed by atoms with Crippen LogP contribution in [-0.2, 0) is 14.3 Å². The van der Waals surface area contributed by atoms with E-state index in [4.69, 9.17) is 14.5 Å². The van der Waals surface area contributed by atoms with Crippen molar-refractivity contribution in [1.82, 2.24) is 19.4 Å². The fraction of sp³-hybridized carbons (Fsp3) is 0.519. The summed E-state index contributed by atoms with van der Waals surface area (Å²) in [7, 11) is 1.70. The molecule has 1 saturated carbocycles. The average Bonchev–Trinajstić information content (AvgIpc) is 3.35. The number of aromatic nitrogens is 3. The quantitative estimate of drug-likeness (QED) is 0.482. The first-order valence-corrected chi connectivity index (χ1v) is 12.9. The smallest absolute Gasteiger partial charge is 0.224 e. The van der Waals surface area contributed by atoms with Crippen molar-refractivity contribution in [3.63, 3.8) is 0 Å². The molecule has 3 heterocycles. The zero-order chi connectivity index (χ0) is 24.9. The number of nitrogens with zero attached hydrogens (tertiary/aromatic N) is 5. The summed E-state index contributed by atoms with van der Waals surface area (Å²) in [4.78, 5) is 25.3. The van der Waals surface area contributed by atoms with Gasteiger partial charge in [-0.2, -0.15) is 4.98 Å². The van der Waals surface area contributed by atoms with Crippen LogP contribution in [0.2, 0.25) is 0 Å². The monoisotopic (exact) mass is 492 g/mol. The first-order valence-electron chi connectivity index (χ1n) is 12.9. The number of fused-ring (bicyclic) bond motifs is 1. The van der Waals surface area contributed by atoms with E-state index in [0.717, 1.165) is 63.2 Å². The lowest BCUT2D eigenvalue weighted by molar-refractivity contribution is -0.129. The molecule has 2 aromatic heterocycles. The zero-order valence-corrected chi connectivity index (χ0v) is 21.2. The molecule has 9 heteroatoms. The molecule has 0 spiro atoms. The summed E-state index contributed by atoms with van der Waals surface area (Å²) in [6, 6.07) is 10.8. The summed E-state index contributed by atoms with van der Waals surface area (Å²) in [5.41, 5.74) is 2.31. The predicted molar refractivity (Wildman–Crippen MR) is 141 cm³/mol. The van der Waals surface area contributed by atoms with Gasteiger partial charge in [0.25, 0.3) is 0 Å². The van der Waals surface area contributed by atoms with Gasteiger partial charge in [0.15, 0.2) is 0 Å². The minimum atomic E-state index is 0.149. The predicted octanol–water partition coefficient (Wildman–Crippen LogP) is 3.48. The van der Waals surface area contributed by atoms with Gasteiger partial charge in [0.05, 0.1) is 24.8 Å². The summed E-state index contributed by atoms with van der Waals surface area (Å²) in [6.45, 7) is 6.14. The van der Waals surface area contributed by atoms with Crippen molar-refractivity contribution >= 4 is 28.4 Å². The lowest BCUT2D eigenvalue weighted by Crippen LogP contribution is -2.48. The highest BCUT2D eigenvalue weighted by Crippen LogP contribution is 2.30. The van der Waals surface area contributed by atoms with E-state index in [-0.39, 0.29) is 5.91 Å². The first kappa shape index (κ1) is 24.5. The van der Waals surface area contributed by atoms with Crippen LogP contribution in [0.4, 0.5) is 11.6 Å². The second-order valence-corrected chi connectivity index (χ2v) is 9.61. The molecule has 5 rings (SSSR count). The minimum Gasteiger partial charge on any atom is -0.382 e. The standard InChI is InChI=1S/C27H36N6O3/c1-20(34)31-14-16-32(17-15-31)24-4-3-5-25-23(24)11-13-33(25)26-10-12-28-27(30-26)29-21-6-8-22(9-7-21)36-19-18-35-2/h3-5,10-13,21-22H,6-9,14-19H2,1-2H3,(H,28,29,30)/t21-,22-. The molecule has 1 aliphatic carbocycles. The third-order valence-electron chi connectivity index (χ3n) is 7.31. The van der Waals surface area contributed by atoms with Gasteiger partial charge in [-0.1, -0.05) is 6.07 Å². The van der Waals surface area contributed by atoms with Crippen LogP contribution in [0, 0.1) is 0 Å². The normalized spacial score (nSPS) is 20.6. The van der Waals surface area contributed by atoms with Gasteiger partial charge in [-0.25, -0.2) is 4.98 Å². The lowest BCUT2D eigenvalue weighted by Gasteiger charge is -2.36. The highest BCUT2D eigenvalue weighted by atomic mass is 16.5. The first-order chi connectivity index (χ1) is 17.6. The highest BCUT2D eigenvalue weighted by Gasteiger charge is 2.23. The molecule has 0 bridgehead atoms. The number of piperazine rings is 1. The maximum absolute atomic E-state index is 11.7. The van der Waals surface area contributed by atoms with Crippen LogP contribution in [0.15, 0.2) is 42.7 Å². The summed E-state index contributed by atoms with van der Waals surface area (Å²) in [5, 5.41) is 4.73. The number of rotatable bonds is 8. The molecule has 1 aliphatic heterocycles. The number of hydrogen-bond acceptors (Lipinski definition) is 7. The number of nitrogens with one attached hydrogen (secondary N) is 1. The molecule has 1 amide bonds. The van der Waals surface area contributed by atoms with Gasteiger partial charge in [0.2, 0.25) is 11.9 Å². The van der Waals surface area contributed by atoms with Crippen LogP contribution in [0.25, 0.3) is 16.7 Å². The Kier molecular flexibility index (Phi) is 7.67. The number of carbonyl (C=O) groups is 1. The SMILES string of the molecule is COCCO[C@H]1CC[C@H](Nc2nccc(-n3ccc4c(N5CCN(C(C)=O)CC5)cccc43)n2)CC1. The minimum absolute atomic E-state index is 0.149. The molecule has 2 fully saturated rings. The maximum atomic E-state index is 11.7. The van der Waals surface area contributed by atoms with Crippen LogP contribution in [0.1, 0.15) is 32.6 Å². The van der Waals surface area contributed by atoms with Crippen molar-refractivity contribution in [3.05, 3.63) is 42.7 Å². The second-order valence-electron chi connectivity index (χ2n) is 9.61. The Bertz CT molecular complexity index is 1170. The van der Waals surface area contributed by atoms with Crippen molar-refractivity contribution in [2.24, 2.45) is 0 Å². The Hall–Kier alpha value is -3.17. The molecular weight excluding hydrogens is 456 g/mol. The van der Waals surface area contributed by atoms with Gasteiger partial charge >= 0.3 is 0 Å². The fourth-order valence-electron chi connectivity index (χ4n) is 5.30. The van der Waals surface area contributed by atoms with Crippen molar-refractivity contribution in [2.45, 2.75) is 44.8 Å². The van der Waals surface area contributed by atoms with Crippen molar-refractivity contribution in [3.8, 4) is 5.82 Å². The second kappa shape index (κ2) is 11.3.